The second-order valence-corrected chi connectivity index (χ2v) is 16.5. The van der Waals surface area contributed by atoms with Crippen LogP contribution in [0.4, 0.5) is 0 Å². The molecule has 0 atom stereocenters. The number of hydrogen-bond acceptors (Lipinski definition) is 0. The standard InChI is InChI=1S/C31H29.C5H10.C5H5.2ClH.Zr/c1-18-11-20(3)30(21(4)12-18)24-7-9-28-26(15-24)17-27-16-25(8-10-29(27)28)31-22(5)13-19(2)14-23(31)6;2*1-2-4-5-3-1;;;/h7-17H,1-6H3;1-5H2;1-3H,4H2;2*1H;/q;;;;;+2/p-2. The van der Waals surface area contributed by atoms with Crippen molar-refractivity contribution >= 4 is 0 Å². The summed E-state index contributed by atoms with van der Waals surface area (Å²) in [5, 5.41) is 0. The van der Waals surface area contributed by atoms with Gasteiger partial charge in [0, 0.05) is 0 Å². The second-order valence-electron chi connectivity index (χ2n) is 12.8. The quantitative estimate of drug-likeness (QED) is 0.252. The molecule has 0 spiro atoms. The van der Waals surface area contributed by atoms with Gasteiger partial charge in [-0.15, -0.1) is 0 Å². The number of hydrogen-bond donors (Lipinski definition) is 0. The molecular formula is C41H44Cl2Zr. The van der Waals surface area contributed by atoms with Crippen molar-refractivity contribution in [1.82, 2.24) is 0 Å². The Balaban J connectivity index is 0.000000576. The van der Waals surface area contributed by atoms with Crippen molar-refractivity contribution in [3.8, 4) is 33.4 Å². The van der Waals surface area contributed by atoms with E-state index in [-0.39, 0.29) is 24.8 Å². The third kappa shape index (κ3) is 7.12. The number of fused-ring (bicyclic) bond motifs is 3. The van der Waals surface area contributed by atoms with Crippen molar-refractivity contribution in [1.29, 1.82) is 0 Å². The van der Waals surface area contributed by atoms with Gasteiger partial charge in [0.25, 0.3) is 0 Å². The third-order valence-electron chi connectivity index (χ3n) is 9.30. The van der Waals surface area contributed by atoms with Crippen molar-refractivity contribution in [2.75, 3.05) is 0 Å². The van der Waals surface area contributed by atoms with Crippen LogP contribution in [0.2, 0.25) is 0 Å². The molecule has 44 heavy (non-hydrogen) atoms. The summed E-state index contributed by atoms with van der Waals surface area (Å²) in [5.41, 5.74) is 19.7. The number of allylic oxidation sites excluding steroid dienone is 4. The molecule has 1 fully saturated rings. The molecule has 0 unspecified atom stereocenters. The Labute approximate surface area is 289 Å². The molecule has 0 aromatic heterocycles. The average Bonchev–Trinajstić information content (AvgIpc) is 3.72. The van der Waals surface area contributed by atoms with Gasteiger partial charge in [-0.2, -0.15) is 0 Å². The van der Waals surface area contributed by atoms with Gasteiger partial charge in [0.1, 0.15) is 0 Å². The molecule has 3 aliphatic rings. The summed E-state index contributed by atoms with van der Waals surface area (Å²) in [4.78, 5) is 0. The van der Waals surface area contributed by atoms with Gasteiger partial charge in [-0.1, -0.05) is 32.1 Å². The van der Waals surface area contributed by atoms with Crippen molar-refractivity contribution in [3.63, 3.8) is 0 Å². The summed E-state index contributed by atoms with van der Waals surface area (Å²) in [6.45, 7) is 13.4. The number of benzene rings is 4. The number of aryl methyl sites for hydroxylation is 6. The summed E-state index contributed by atoms with van der Waals surface area (Å²) >= 11 is -0.851. The van der Waals surface area contributed by atoms with E-state index in [4.69, 9.17) is 0 Å². The topological polar surface area (TPSA) is 0 Å². The van der Waals surface area contributed by atoms with Gasteiger partial charge in [0.05, 0.1) is 0 Å². The number of halogens is 2. The van der Waals surface area contributed by atoms with E-state index in [0.717, 1.165) is 6.42 Å². The van der Waals surface area contributed by atoms with Gasteiger partial charge in [0.2, 0.25) is 0 Å². The normalized spacial score (nSPS) is 14.5. The molecular weight excluding hydrogens is 655 g/mol. The van der Waals surface area contributed by atoms with Crippen LogP contribution in [0.15, 0.2) is 82.2 Å². The summed E-state index contributed by atoms with van der Waals surface area (Å²) in [5.74, 6) is 0. The monoisotopic (exact) mass is 696 g/mol. The summed E-state index contributed by atoms with van der Waals surface area (Å²) in [6, 6.07) is 23.9. The summed E-state index contributed by atoms with van der Waals surface area (Å²) in [6.07, 6.45) is 15.6. The third-order valence-corrected chi connectivity index (χ3v) is 13.4. The molecule has 3 heteroatoms. The van der Waals surface area contributed by atoms with E-state index in [1.54, 1.807) is 14.4 Å². The van der Waals surface area contributed by atoms with Crippen molar-refractivity contribution in [2.24, 2.45) is 0 Å². The zero-order chi connectivity index (χ0) is 29.4. The Hall–Kier alpha value is -2.18. The fourth-order valence-corrected chi connectivity index (χ4v) is 11.5. The van der Waals surface area contributed by atoms with Gasteiger partial charge in [-0.3, -0.25) is 0 Å². The molecule has 226 valence electrons. The molecule has 4 aromatic rings. The van der Waals surface area contributed by atoms with Crippen molar-refractivity contribution < 1.29 is 48.0 Å². The molecule has 0 N–H and O–H groups in total. The van der Waals surface area contributed by atoms with Crippen LogP contribution < -0.4 is 24.8 Å². The van der Waals surface area contributed by atoms with E-state index >= 15 is 0 Å². The van der Waals surface area contributed by atoms with Gasteiger partial charge in [-0.25, -0.2) is 0 Å². The predicted octanol–water partition coefficient (Wildman–Crippen LogP) is 5.83. The van der Waals surface area contributed by atoms with Gasteiger partial charge < -0.3 is 24.8 Å². The van der Waals surface area contributed by atoms with Crippen LogP contribution in [-0.4, -0.2) is 0 Å². The molecule has 4 aromatic carbocycles. The van der Waals surface area contributed by atoms with Gasteiger partial charge in [0.15, 0.2) is 0 Å². The average molecular weight is 699 g/mol. The molecule has 3 aliphatic carbocycles. The molecule has 0 heterocycles. The minimum Gasteiger partial charge on any atom is -1.00 e. The molecule has 7 rings (SSSR count). The molecule has 0 nitrogen and oxygen atoms in total. The first-order valence-electron chi connectivity index (χ1n) is 15.9. The fraction of sp³-hybridized carbons (Fsp3) is 0.317. The first-order valence-corrected chi connectivity index (χ1v) is 18.5. The van der Waals surface area contributed by atoms with Crippen LogP contribution in [0, 0.1) is 41.5 Å². The smallest absolute Gasteiger partial charge is 1.00 e. The first-order chi connectivity index (χ1) is 20.3. The molecule has 0 radical (unpaired) electrons. The first kappa shape index (κ1) is 34.7. The largest absolute Gasteiger partial charge is 1.00 e. The minimum absolute atomic E-state index is 0. The van der Waals surface area contributed by atoms with Crippen molar-refractivity contribution in [2.45, 2.75) is 83.7 Å². The Kier molecular flexibility index (Phi) is 11.8. The SMILES string of the molecule is C1CCCC1.Cc1cc(C)c(-c2ccc3c(c2)[CH]([Zr+2][C]2=CC=CC2)c2cc(-c4c(C)cc(C)cc4C)ccc2-3)c(C)c1.[Cl-].[Cl-]. The Bertz CT molecular complexity index is 1560. The molecule has 0 amide bonds. The predicted molar refractivity (Wildman–Crippen MR) is 178 cm³/mol. The van der Waals surface area contributed by atoms with Gasteiger partial charge >= 0.3 is 235 Å². The molecule has 0 aliphatic heterocycles. The molecule has 0 saturated heterocycles. The Morgan fingerprint density at radius 3 is 1.32 bits per heavy atom. The van der Waals surface area contributed by atoms with Crippen LogP contribution >= 0.6 is 0 Å². The van der Waals surface area contributed by atoms with Crippen LogP contribution in [0.5, 0.6) is 0 Å². The van der Waals surface area contributed by atoms with E-state index in [1.807, 2.05) is 0 Å². The molecule has 1 saturated carbocycles. The zero-order valence-corrected chi connectivity index (χ0v) is 31.1. The Morgan fingerprint density at radius 2 is 0.955 bits per heavy atom. The van der Waals surface area contributed by atoms with Crippen molar-refractivity contribution in [3.05, 3.63) is 127 Å². The summed E-state index contributed by atoms with van der Waals surface area (Å²) in [7, 11) is 0. The molecule has 0 bridgehead atoms. The van der Waals surface area contributed by atoms with E-state index in [0.29, 0.717) is 3.63 Å². The van der Waals surface area contributed by atoms with E-state index in [2.05, 4.69) is 120 Å². The van der Waals surface area contributed by atoms with Gasteiger partial charge in [-0.05, 0) is 0 Å². The summed E-state index contributed by atoms with van der Waals surface area (Å²) < 4.78 is 2.25. The van der Waals surface area contributed by atoms with E-state index in [9.17, 15) is 0 Å². The van der Waals surface area contributed by atoms with E-state index < -0.39 is 23.2 Å². The van der Waals surface area contributed by atoms with E-state index in [1.165, 1.54) is 98.9 Å². The van der Waals surface area contributed by atoms with Crippen LogP contribution in [0.25, 0.3) is 33.4 Å². The second kappa shape index (κ2) is 14.9. The maximum Gasteiger partial charge on any atom is -1.00 e. The maximum atomic E-state index is 2.54. The van der Waals surface area contributed by atoms with Crippen LogP contribution in [0.3, 0.4) is 0 Å². The minimum atomic E-state index is -0.851. The fourth-order valence-electron chi connectivity index (χ4n) is 7.62. The Morgan fingerprint density at radius 1 is 0.545 bits per heavy atom. The van der Waals surface area contributed by atoms with Crippen LogP contribution in [-0.2, 0) is 23.2 Å². The number of rotatable bonds is 4. The van der Waals surface area contributed by atoms with Crippen LogP contribution in [0.1, 0.15) is 86.7 Å². The maximum absolute atomic E-state index is 2.54. The zero-order valence-electron chi connectivity index (χ0n) is 27.1.